The van der Waals surface area contributed by atoms with E-state index in [1.165, 1.54) is 0 Å². The van der Waals surface area contributed by atoms with Crippen LogP contribution in [0.3, 0.4) is 0 Å². The van der Waals surface area contributed by atoms with Gasteiger partial charge in [-0.25, -0.2) is 0 Å². The highest BCUT2D eigenvalue weighted by Gasteiger charge is 2.76. The van der Waals surface area contributed by atoms with E-state index < -0.39 is 0 Å². The molecule has 0 aromatic carbocycles. The van der Waals surface area contributed by atoms with Crippen molar-refractivity contribution in [2.45, 2.75) is 73.8 Å². The van der Waals surface area contributed by atoms with Crippen LogP contribution < -0.4 is 0 Å². The molecule has 0 aromatic heterocycles. The lowest BCUT2D eigenvalue weighted by molar-refractivity contribution is -0.294. The molecule has 4 saturated heterocycles. The zero-order chi connectivity index (χ0) is 14.7. The third-order valence-corrected chi connectivity index (χ3v) is 6.79. The fraction of sp³-hybridized carbons (Fsp3) is 0.889. The van der Waals surface area contributed by atoms with Gasteiger partial charge in [0.05, 0.1) is 0 Å². The number of fused-ring (bicyclic) bond motifs is 3. The van der Waals surface area contributed by atoms with Crippen LogP contribution in [0.1, 0.15) is 51.4 Å². The molecule has 0 saturated carbocycles. The SMILES string of the molecule is C1=C[C@]2(CCCO2)[C@]2(CCCO2)[C@@]2(CCCO2)[C@@]12CCCO2. The molecule has 0 bridgehead atoms. The van der Waals surface area contributed by atoms with E-state index in [1.54, 1.807) is 0 Å². The van der Waals surface area contributed by atoms with E-state index in [-0.39, 0.29) is 22.4 Å². The molecule has 4 nitrogen and oxygen atoms in total. The third-order valence-electron chi connectivity index (χ3n) is 6.79. The molecule has 5 aliphatic rings. The predicted octanol–water partition coefficient (Wildman–Crippen LogP) is 2.75. The highest BCUT2D eigenvalue weighted by Crippen LogP contribution is 2.63. The van der Waals surface area contributed by atoms with Gasteiger partial charge in [0.2, 0.25) is 0 Å². The summed E-state index contributed by atoms with van der Waals surface area (Å²) in [5.41, 5.74) is -1.31. The smallest absolute Gasteiger partial charge is 0.133 e. The highest BCUT2D eigenvalue weighted by molar-refractivity contribution is 5.38. The zero-order valence-corrected chi connectivity index (χ0v) is 13.3. The summed E-state index contributed by atoms with van der Waals surface area (Å²) in [6.07, 6.45) is 13.2. The van der Waals surface area contributed by atoms with Crippen LogP contribution in [0, 0.1) is 0 Å². The Morgan fingerprint density at radius 2 is 0.909 bits per heavy atom. The maximum Gasteiger partial charge on any atom is 0.133 e. The van der Waals surface area contributed by atoms with Crippen LogP contribution >= 0.6 is 0 Å². The van der Waals surface area contributed by atoms with Crippen molar-refractivity contribution in [1.29, 1.82) is 0 Å². The van der Waals surface area contributed by atoms with Gasteiger partial charge in [0.15, 0.2) is 0 Å². The van der Waals surface area contributed by atoms with Crippen LogP contribution in [0.5, 0.6) is 0 Å². The van der Waals surface area contributed by atoms with Crippen molar-refractivity contribution in [3.05, 3.63) is 12.2 Å². The standard InChI is InChI=1S/C18H26O4/c1-5-15(19-11-1)9-10-16(6-2-12-20-16)18(8-4-14-22-18)17(15)7-3-13-21-17/h9-10H,1-8,11-14H2/t15-,16-,17-,18-/m1/s1. The van der Waals surface area contributed by atoms with Gasteiger partial charge >= 0.3 is 0 Å². The molecule has 0 amide bonds. The first-order chi connectivity index (χ1) is 10.8. The molecule has 1 aliphatic carbocycles. The lowest BCUT2D eigenvalue weighted by atomic mass is 9.56. The molecule has 5 rings (SSSR count). The molecule has 4 heteroatoms. The molecule has 4 atom stereocenters. The molecule has 4 spiro atoms. The molecular formula is C18H26O4. The number of rotatable bonds is 0. The molecule has 4 aliphatic heterocycles. The summed E-state index contributed by atoms with van der Waals surface area (Å²) in [6.45, 7) is 3.30. The monoisotopic (exact) mass is 306 g/mol. The Balaban J connectivity index is 1.73. The molecule has 0 radical (unpaired) electrons. The minimum atomic E-state index is -0.355. The largest absolute Gasteiger partial charge is 0.368 e. The van der Waals surface area contributed by atoms with Crippen LogP contribution in [0.15, 0.2) is 12.2 Å². The van der Waals surface area contributed by atoms with Crippen molar-refractivity contribution < 1.29 is 18.9 Å². The predicted molar refractivity (Wildman–Crippen MR) is 80.8 cm³/mol. The van der Waals surface area contributed by atoms with Crippen molar-refractivity contribution in [3.63, 3.8) is 0 Å². The van der Waals surface area contributed by atoms with Crippen molar-refractivity contribution in [2.24, 2.45) is 0 Å². The van der Waals surface area contributed by atoms with Crippen LogP contribution in [0.4, 0.5) is 0 Å². The van der Waals surface area contributed by atoms with Gasteiger partial charge in [-0.1, -0.05) is 12.2 Å². The summed E-state index contributed by atoms with van der Waals surface area (Å²) >= 11 is 0. The van der Waals surface area contributed by atoms with Gasteiger partial charge < -0.3 is 18.9 Å². The average Bonchev–Trinajstić information content (AvgIpc) is 3.31. The minimum Gasteiger partial charge on any atom is -0.368 e. The lowest BCUT2D eigenvalue weighted by Crippen LogP contribution is -2.76. The molecule has 4 heterocycles. The van der Waals surface area contributed by atoms with Crippen molar-refractivity contribution in [3.8, 4) is 0 Å². The fourth-order valence-electron chi connectivity index (χ4n) is 6.03. The number of ether oxygens (including phenoxy) is 4. The Morgan fingerprint density at radius 3 is 1.23 bits per heavy atom. The summed E-state index contributed by atoms with van der Waals surface area (Å²) in [7, 11) is 0. The molecule has 122 valence electrons. The second kappa shape index (κ2) is 4.56. The maximum atomic E-state index is 6.56. The van der Waals surface area contributed by atoms with Gasteiger partial charge in [0.1, 0.15) is 22.4 Å². The first-order valence-electron chi connectivity index (χ1n) is 9.05. The zero-order valence-electron chi connectivity index (χ0n) is 13.3. The van der Waals surface area contributed by atoms with E-state index in [1.807, 2.05) is 0 Å². The Hall–Kier alpha value is -0.420. The van der Waals surface area contributed by atoms with E-state index >= 15 is 0 Å². The number of hydrogen-bond donors (Lipinski definition) is 0. The van der Waals surface area contributed by atoms with Crippen LogP contribution in [0.2, 0.25) is 0 Å². The van der Waals surface area contributed by atoms with E-state index in [0.29, 0.717) is 0 Å². The van der Waals surface area contributed by atoms with Crippen molar-refractivity contribution >= 4 is 0 Å². The highest BCUT2D eigenvalue weighted by atomic mass is 16.6. The molecule has 0 aromatic rings. The minimum absolute atomic E-state index is 0.301. The second-order valence-electron chi connectivity index (χ2n) is 7.57. The normalized spacial score (nSPS) is 53.8. The maximum absolute atomic E-state index is 6.56. The van der Waals surface area contributed by atoms with Crippen LogP contribution in [-0.2, 0) is 18.9 Å². The Kier molecular flexibility index (Phi) is 2.90. The summed E-state index contributed by atoms with van der Waals surface area (Å²) in [5.74, 6) is 0. The number of hydrogen-bond acceptors (Lipinski definition) is 4. The Bertz CT molecular complexity index is 429. The summed E-state index contributed by atoms with van der Waals surface area (Å²) in [4.78, 5) is 0. The van der Waals surface area contributed by atoms with E-state index in [0.717, 1.165) is 77.8 Å². The quantitative estimate of drug-likeness (QED) is 0.645. The van der Waals surface area contributed by atoms with E-state index in [4.69, 9.17) is 18.9 Å². The molecular weight excluding hydrogens is 280 g/mol. The van der Waals surface area contributed by atoms with Gasteiger partial charge in [0, 0.05) is 26.4 Å². The summed E-state index contributed by atoms with van der Waals surface area (Å²) in [5, 5.41) is 0. The molecule has 0 N–H and O–H groups in total. The Morgan fingerprint density at radius 1 is 0.500 bits per heavy atom. The fourth-order valence-corrected chi connectivity index (χ4v) is 6.03. The lowest BCUT2D eigenvalue weighted by Gasteiger charge is -2.61. The van der Waals surface area contributed by atoms with Gasteiger partial charge in [-0.15, -0.1) is 0 Å². The van der Waals surface area contributed by atoms with Gasteiger partial charge in [-0.3, -0.25) is 0 Å². The van der Waals surface area contributed by atoms with Crippen molar-refractivity contribution in [1.82, 2.24) is 0 Å². The van der Waals surface area contributed by atoms with E-state index in [9.17, 15) is 0 Å². The average molecular weight is 306 g/mol. The van der Waals surface area contributed by atoms with Crippen LogP contribution in [-0.4, -0.2) is 48.8 Å². The van der Waals surface area contributed by atoms with Crippen LogP contribution in [0.25, 0.3) is 0 Å². The van der Waals surface area contributed by atoms with Gasteiger partial charge in [0.25, 0.3) is 0 Å². The first-order valence-corrected chi connectivity index (χ1v) is 9.05. The molecule has 22 heavy (non-hydrogen) atoms. The summed E-state index contributed by atoms with van der Waals surface area (Å²) < 4.78 is 25.8. The van der Waals surface area contributed by atoms with E-state index in [2.05, 4.69) is 12.2 Å². The Labute approximate surface area is 132 Å². The van der Waals surface area contributed by atoms with Gasteiger partial charge in [-0.2, -0.15) is 0 Å². The second-order valence-corrected chi connectivity index (χ2v) is 7.57. The topological polar surface area (TPSA) is 36.9 Å². The molecule has 4 fully saturated rings. The summed E-state index contributed by atoms with van der Waals surface area (Å²) in [6, 6.07) is 0. The first kappa shape index (κ1) is 14.0. The van der Waals surface area contributed by atoms with Crippen molar-refractivity contribution in [2.75, 3.05) is 26.4 Å². The third kappa shape index (κ3) is 1.40. The molecule has 0 unspecified atom stereocenters. The van der Waals surface area contributed by atoms with Gasteiger partial charge in [-0.05, 0) is 51.4 Å².